The largest absolute Gasteiger partial charge is 0.337 e. The van der Waals surface area contributed by atoms with Gasteiger partial charge >= 0.3 is 0 Å². The van der Waals surface area contributed by atoms with Crippen molar-refractivity contribution < 1.29 is 4.79 Å². The van der Waals surface area contributed by atoms with E-state index in [2.05, 4.69) is 39.2 Å². The quantitative estimate of drug-likeness (QED) is 0.637. The van der Waals surface area contributed by atoms with Crippen LogP contribution in [0.15, 0.2) is 54.9 Å². The molecule has 0 bridgehead atoms. The van der Waals surface area contributed by atoms with Crippen LogP contribution in [-0.4, -0.2) is 22.4 Å². The average Bonchev–Trinajstić information content (AvgIpc) is 2.69. The van der Waals surface area contributed by atoms with Gasteiger partial charge in [-0.1, -0.05) is 48.0 Å². The summed E-state index contributed by atoms with van der Waals surface area (Å²) in [6, 6.07) is 13.9. The molecule has 3 aromatic rings. The van der Waals surface area contributed by atoms with Crippen LogP contribution in [0.1, 0.15) is 34.0 Å². The number of aromatic nitrogens is 2. The fraction of sp³-hybridized carbons (Fsp3) is 0.227. The van der Waals surface area contributed by atoms with Gasteiger partial charge in [0, 0.05) is 25.5 Å². The molecule has 28 heavy (non-hydrogen) atoms. The van der Waals surface area contributed by atoms with Gasteiger partial charge in [-0.2, -0.15) is 0 Å². The highest BCUT2D eigenvalue weighted by molar-refractivity contribution is 6.34. The lowest BCUT2D eigenvalue weighted by Gasteiger charge is -2.20. The highest BCUT2D eigenvalue weighted by Crippen LogP contribution is 2.27. The predicted molar refractivity (Wildman–Crippen MR) is 114 cm³/mol. The highest BCUT2D eigenvalue weighted by Gasteiger charge is 2.14. The maximum atomic E-state index is 12.6. The summed E-state index contributed by atoms with van der Waals surface area (Å²) in [5.41, 5.74) is 4.14. The van der Waals surface area contributed by atoms with Gasteiger partial charge < -0.3 is 10.2 Å². The van der Waals surface area contributed by atoms with Crippen LogP contribution in [0.3, 0.4) is 0 Å². The zero-order valence-electron chi connectivity index (χ0n) is 16.2. The van der Waals surface area contributed by atoms with E-state index in [1.807, 2.05) is 44.2 Å². The Labute approximate surface area is 170 Å². The van der Waals surface area contributed by atoms with Gasteiger partial charge in [0.15, 0.2) is 0 Å². The Hall–Kier alpha value is -2.92. The van der Waals surface area contributed by atoms with Crippen molar-refractivity contribution in [3.05, 3.63) is 82.1 Å². The third kappa shape index (κ3) is 4.67. The van der Waals surface area contributed by atoms with Crippen LogP contribution in [0.25, 0.3) is 0 Å². The van der Waals surface area contributed by atoms with Crippen molar-refractivity contribution in [2.75, 3.05) is 16.8 Å². The van der Waals surface area contributed by atoms with Gasteiger partial charge in [0.05, 0.1) is 16.3 Å². The molecule has 0 aliphatic carbocycles. The van der Waals surface area contributed by atoms with E-state index < -0.39 is 0 Å². The minimum atomic E-state index is -0.286. The highest BCUT2D eigenvalue weighted by atomic mass is 35.5. The molecule has 0 aliphatic heterocycles. The van der Waals surface area contributed by atoms with Crippen LogP contribution in [0.4, 0.5) is 11.6 Å². The lowest BCUT2D eigenvalue weighted by atomic mass is 10.1. The number of nitrogens with zero attached hydrogens (tertiary/aromatic N) is 3. The Kier molecular flexibility index (Phi) is 6.26. The van der Waals surface area contributed by atoms with Gasteiger partial charge in [0.2, 0.25) is 5.95 Å². The number of carbonyl (C=O) groups excluding carboxylic acids is 1. The molecule has 1 N–H and O–H groups in total. The summed E-state index contributed by atoms with van der Waals surface area (Å²) in [4.78, 5) is 23.4. The van der Waals surface area contributed by atoms with E-state index >= 15 is 0 Å². The first kappa shape index (κ1) is 19.8. The summed E-state index contributed by atoms with van der Waals surface area (Å²) in [5.74, 6) is 0.305. The molecule has 0 saturated heterocycles. The Balaban J connectivity index is 1.73. The van der Waals surface area contributed by atoms with Crippen LogP contribution < -0.4 is 10.2 Å². The SMILES string of the molecule is CCN(Cc1ccccc1)c1ncc(C(=O)Nc2c(C)cc(C)cc2Cl)cn1. The normalized spacial score (nSPS) is 10.6. The molecule has 0 unspecified atom stereocenters. The summed E-state index contributed by atoms with van der Waals surface area (Å²) in [6.45, 7) is 7.40. The predicted octanol–water partition coefficient (Wildman–Crippen LogP) is 5.03. The van der Waals surface area contributed by atoms with Crippen molar-refractivity contribution >= 4 is 29.1 Å². The van der Waals surface area contributed by atoms with E-state index in [4.69, 9.17) is 11.6 Å². The Morgan fingerprint density at radius 3 is 2.39 bits per heavy atom. The van der Waals surface area contributed by atoms with E-state index in [9.17, 15) is 4.79 Å². The molecule has 0 aliphatic rings. The van der Waals surface area contributed by atoms with Crippen LogP contribution in [-0.2, 0) is 6.54 Å². The van der Waals surface area contributed by atoms with Crippen molar-refractivity contribution in [2.45, 2.75) is 27.3 Å². The van der Waals surface area contributed by atoms with Crippen LogP contribution >= 0.6 is 11.6 Å². The number of nitrogens with one attached hydrogen (secondary N) is 1. The first-order valence-electron chi connectivity index (χ1n) is 9.17. The van der Waals surface area contributed by atoms with Crippen molar-refractivity contribution in [3.63, 3.8) is 0 Å². The third-order valence-electron chi connectivity index (χ3n) is 4.45. The topological polar surface area (TPSA) is 58.1 Å². The number of aryl methyl sites for hydroxylation is 2. The van der Waals surface area contributed by atoms with E-state index in [1.54, 1.807) is 12.4 Å². The van der Waals surface area contributed by atoms with Crippen molar-refractivity contribution in [2.24, 2.45) is 0 Å². The summed E-state index contributed by atoms with van der Waals surface area (Å²) in [5, 5.41) is 3.38. The average molecular weight is 395 g/mol. The zero-order valence-corrected chi connectivity index (χ0v) is 17.0. The minimum absolute atomic E-state index is 0.286. The number of anilines is 2. The van der Waals surface area contributed by atoms with Crippen LogP contribution in [0, 0.1) is 13.8 Å². The number of hydrogen-bond donors (Lipinski definition) is 1. The molecular weight excluding hydrogens is 372 g/mol. The Morgan fingerprint density at radius 1 is 1.11 bits per heavy atom. The van der Waals surface area contributed by atoms with Crippen molar-refractivity contribution in [1.82, 2.24) is 9.97 Å². The molecule has 6 heteroatoms. The van der Waals surface area contributed by atoms with Crippen LogP contribution in [0.2, 0.25) is 5.02 Å². The molecule has 5 nitrogen and oxygen atoms in total. The standard InChI is InChI=1S/C22H23ClN4O/c1-4-27(14-17-8-6-5-7-9-17)22-24-12-18(13-25-22)21(28)26-20-16(3)10-15(2)11-19(20)23/h5-13H,4,14H2,1-3H3,(H,26,28). The second-order valence-electron chi connectivity index (χ2n) is 6.66. The molecule has 0 fully saturated rings. The summed E-state index contributed by atoms with van der Waals surface area (Å²) < 4.78 is 0. The van der Waals surface area contributed by atoms with E-state index in [1.165, 1.54) is 5.56 Å². The molecule has 1 amide bonds. The van der Waals surface area contributed by atoms with Gasteiger partial charge in [-0.3, -0.25) is 4.79 Å². The first-order valence-corrected chi connectivity index (χ1v) is 9.54. The zero-order chi connectivity index (χ0) is 20.1. The summed E-state index contributed by atoms with van der Waals surface area (Å²) >= 11 is 6.28. The second kappa shape index (κ2) is 8.85. The van der Waals surface area contributed by atoms with Gasteiger partial charge in [0.25, 0.3) is 5.91 Å². The van der Waals surface area contributed by atoms with E-state index in [0.29, 0.717) is 28.8 Å². The number of hydrogen-bond acceptors (Lipinski definition) is 4. The number of amides is 1. The Morgan fingerprint density at radius 2 is 1.79 bits per heavy atom. The second-order valence-corrected chi connectivity index (χ2v) is 7.07. The van der Waals surface area contributed by atoms with E-state index in [-0.39, 0.29) is 5.91 Å². The monoisotopic (exact) mass is 394 g/mol. The summed E-state index contributed by atoms with van der Waals surface area (Å²) in [6.07, 6.45) is 3.09. The van der Waals surface area contributed by atoms with Gasteiger partial charge in [-0.25, -0.2) is 9.97 Å². The number of rotatable bonds is 6. The molecule has 0 radical (unpaired) electrons. The fourth-order valence-electron chi connectivity index (χ4n) is 2.99. The first-order chi connectivity index (χ1) is 13.5. The molecule has 0 atom stereocenters. The molecule has 0 saturated carbocycles. The molecule has 1 heterocycles. The smallest absolute Gasteiger partial charge is 0.258 e. The maximum Gasteiger partial charge on any atom is 0.258 e. The molecule has 1 aromatic heterocycles. The molecule has 2 aromatic carbocycles. The van der Waals surface area contributed by atoms with Crippen molar-refractivity contribution in [1.29, 1.82) is 0 Å². The third-order valence-corrected chi connectivity index (χ3v) is 4.75. The van der Waals surface area contributed by atoms with Gasteiger partial charge in [-0.05, 0) is 43.5 Å². The van der Waals surface area contributed by atoms with Crippen LogP contribution in [0.5, 0.6) is 0 Å². The van der Waals surface area contributed by atoms with Crippen molar-refractivity contribution in [3.8, 4) is 0 Å². The van der Waals surface area contributed by atoms with E-state index in [0.717, 1.165) is 17.7 Å². The molecular formula is C22H23ClN4O. The summed E-state index contributed by atoms with van der Waals surface area (Å²) in [7, 11) is 0. The Bertz CT molecular complexity index is 935. The number of carbonyl (C=O) groups is 1. The fourth-order valence-corrected chi connectivity index (χ4v) is 3.36. The number of halogens is 1. The molecule has 144 valence electrons. The molecule has 0 spiro atoms. The van der Waals surface area contributed by atoms with Gasteiger partial charge in [0.1, 0.15) is 0 Å². The number of benzene rings is 2. The lowest BCUT2D eigenvalue weighted by Crippen LogP contribution is -2.24. The molecule has 3 rings (SSSR count). The maximum absolute atomic E-state index is 12.6. The van der Waals surface area contributed by atoms with Gasteiger partial charge in [-0.15, -0.1) is 0 Å². The lowest BCUT2D eigenvalue weighted by molar-refractivity contribution is 0.102. The minimum Gasteiger partial charge on any atom is -0.337 e.